The molecule has 15 heavy (non-hydrogen) atoms. The van der Waals surface area contributed by atoms with E-state index in [-0.39, 0.29) is 11.9 Å². The van der Waals surface area contributed by atoms with Crippen molar-refractivity contribution < 1.29 is 9.90 Å². The molecule has 5 heteroatoms. The molecule has 0 aromatic carbocycles. The molecule has 2 heterocycles. The number of likely N-dealkylation sites (tertiary alicyclic amines) is 1. The highest BCUT2D eigenvalue weighted by molar-refractivity contribution is 5.83. The fraction of sp³-hybridized carbons (Fsp3) is 0.600. The summed E-state index contributed by atoms with van der Waals surface area (Å²) < 4.78 is 1.79. The maximum atomic E-state index is 10.9. The fourth-order valence-corrected chi connectivity index (χ4v) is 2.05. The lowest BCUT2D eigenvalue weighted by atomic mass is 10.1. The monoisotopic (exact) mass is 209 g/mol. The van der Waals surface area contributed by atoms with Gasteiger partial charge in [-0.3, -0.25) is 0 Å². The lowest BCUT2D eigenvalue weighted by molar-refractivity contribution is 0.0672. The van der Waals surface area contributed by atoms with E-state index in [0.29, 0.717) is 0 Å². The Morgan fingerprint density at radius 1 is 1.53 bits per heavy atom. The number of hydrogen-bond acceptors (Lipinski definition) is 3. The van der Waals surface area contributed by atoms with Crippen molar-refractivity contribution in [3.05, 3.63) is 18.2 Å². The van der Waals surface area contributed by atoms with Crippen LogP contribution in [-0.4, -0.2) is 45.7 Å². The van der Waals surface area contributed by atoms with Crippen LogP contribution < -0.4 is 0 Å². The van der Waals surface area contributed by atoms with Gasteiger partial charge in [0, 0.05) is 18.4 Å². The molecular formula is C10H15N3O2. The van der Waals surface area contributed by atoms with E-state index in [1.165, 1.54) is 0 Å². The topological polar surface area (TPSA) is 58.4 Å². The van der Waals surface area contributed by atoms with Crippen LogP contribution in [0.25, 0.3) is 0 Å². The Morgan fingerprint density at radius 2 is 2.20 bits per heavy atom. The van der Waals surface area contributed by atoms with Gasteiger partial charge in [-0.25, -0.2) is 9.78 Å². The molecule has 0 bridgehead atoms. The average molecular weight is 209 g/mol. The molecule has 1 aromatic heterocycles. The average Bonchev–Trinajstić information content (AvgIpc) is 2.67. The molecule has 82 valence electrons. The first-order valence-electron chi connectivity index (χ1n) is 5.13. The Hall–Kier alpha value is -1.36. The van der Waals surface area contributed by atoms with Crippen LogP contribution in [0, 0.1) is 0 Å². The maximum absolute atomic E-state index is 10.9. The molecule has 0 aliphatic carbocycles. The minimum atomic E-state index is -0.945. The van der Waals surface area contributed by atoms with Crippen LogP contribution in [0.2, 0.25) is 0 Å². The molecule has 1 aliphatic rings. The molecule has 0 spiro atoms. The number of aromatic nitrogens is 2. The Balaban J connectivity index is 2.15. The predicted octanol–water partition coefficient (Wildman–Crippen LogP) is 0.848. The van der Waals surface area contributed by atoms with E-state index in [4.69, 9.17) is 5.11 Å². The minimum Gasteiger partial charge on any atom is -0.475 e. The highest BCUT2D eigenvalue weighted by Crippen LogP contribution is 2.22. The van der Waals surface area contributed by atoms with Crippen LogP contribution >= 0.6 is 0 Å². The van der Waals surface area contributed by atoms with Crippen LogP contribution in [0.15, 0.2) is 12.4 Å². The zero-order valence-corrected chi connectivity index (χ0v) is 8.76. The van der Waals surface area contributed by atoms with Crippen LogP contribution in [-0.2, 0) is 0 Å². The van der Waals surface area contributed by atoms with Crippen molar-refractivity contribution in [3.8, 4) is 0 Å². The van der Waals surface area contributed by atoms with Crippen molar-refractivity contribution in [1.82, 2.24) is 14.5 Å². The van der Waals surface area contributed by atoms with Gasteiger partial charge in [0.25, 0.3) is 0 Å². The van der Waals surface area contributed by atoms with Crippen molar-refractivity contribution in [3.63, 3.8) is 0 Å². The largest absolute Gasteiger partial charge is 0.475 e. The van der Waals surface area contributed by atoms with E-state index in [0.717, 1.165) is 25.9 Å². The molecule has 5 nitrogen and oxygen atoms in total. The van der Waals surface area contributed by atoms with Crippen LogP contribution in [0.1, 0.15) is 29.5 Å². The van der Waals surface area contributed by atoms with Gasteiger partial charge < -0.3 is 14.6 Å². The summed E-state index contributed by atoms with van der Waals surface area (Å²) >= 11 is 0. The van der Waals surface area contributed by atoms with E-state index in [1.807, 2.05) is 0 Å². The lowest BCUT2D eigenvalue weighted by Crippen LogP contribution is -2.32. The van der Waals surface area contributed by atoms with Gasteiger partial charge in [-0.2, -0.15) is 0 Å². The minimum absolute atomic E-state index is 0.157. The molecular weight excluding hydrogens is 194 g/mol. The Morgan fingerprint density at radius 3 is 2.80 bits per heavy atom. The summed E-state index contributed by atoms with van der Waals surface area (Å²) in [6.45, 7) is 2.03. The van der Waals surface area contributed by atoms with Crippen molar-refractivity contribution >= 4 is 5.97 Å². The van der Waals surface area contributed by atoms with Crippen LogP contribution in [0.3, 0.4) is 0 Å². The zero-order valence-electron chi connectivity index (χ0n) is 8.76. The van der Waals surface area contributed by atoms with Gasteiger partial charge in [0.2, 0.25) is 5.82 Å². The molecule has 1 N–H and O–H groups in total. The van der Waals surface area contributed by atoms with Crippen molar-refractivity contribution in [2.45, 2.75) is 18.9 Å². The number of carboxylic acids is 1. The predicted molar refractivity (Wildman–Crippen MR) is 55.0 cm³/mol. The van der Waals surface area contributed by atoms with Crippen LogP contribution in [0.5, 0.6) is 0 Å². The smallest absolute Gasteiger partial charge is 0.372 e. The zero-order chi connectivity index (χ0) is 10.8. The molecule has 0 amide bonds. The van der Waals surface area contributed by atoms with Gasteiger partial charge in [-0.1, -0.05) is 0 Å². The van der Waals surface area contributed by atoms with E-state index in [2.05, 4.69) is 16.9 Å². The fourth-order valence-electron chi connectivity index (χ4n) is 2.05. The summed E-state index contributed by atoms with van der Waals surface area (Å²) in [5.74, 6) is -0.788. The summed E-state index contributed by atoms with van der Waals surface area (Å²) in [5.41, 5.74) is 0. The summed E-state index contributed by atoms with van der Waals surface area (Å²) in [6.07, 6.45) is 5.31. The van der Waals surface area contributed by atoms with E-state index in [1.54, 1.807) is 17.0 Å². The molecule has 0 radical (unpaired) electrons. The second-order valence-electron chi connectivity index (χ2n) is 4.00. The maximum Gasteiger partial charge on any atom is 0.372 e. The van der Waals surface area contributed by atoms with E-state index < -0.39 is 5.97 Å². The highest BCUT2D eigenvalue weighted by Gasteiger charge is 2.22. The molecule has 1 saturated heterocycles. The molecule has 1 aromatic rings. The van der Waals surface area contributed by atoms with Gasteiger partial charge in [-0.05, 0) is 33.0 Å². The molecule has 2 rings (SSSR count). The third-order valence-corrected chi connectivity index (χ3v) is 2.94. The summed E-state index contributed by atoms with van der Waals surface area (Å²) in [5, 5.41) is 8.94. The Labute approximate surface area is 88.3 Å². The normalized spacial score (nSPS) is 19.3. The first kappa shape index (κ1) is 10.2. The van der Waals surface area contributed by atoms with Crippen molar-refractivity contribution in [1.29, 1.82) is 0 Å². The molecule has 1 aliphatic heterocycles. The Bertz CT molecular complexity index is 353. The SMILES string of the molecule is CN1CCC(n2ccnc2C(=O)O)CC1. The molecule has 0 unspecified atom stereocenters. The number of piperidine rings is 1. The van der Waals surface area contributed by atoms with Gasteiger partial charge in [0.05, 0.1) is 0 Å². The number of imidazole rings is 1. The first-order valence-corrected chi connectivity index (χ1v) is 5.13. The standard InChI is InChI=1S/C10H15N3O2/c1-12-5-2-8(3-6-12)13-7-4-11-9(13)10(14)15/h4,7-8H,2-3,5-6H2,1H3,(H,14,15). The van der Waals surface area contributed by atoms with Gasteiger partial charge in [-0.15, -0.1) is 0 Å². The van der Waals surface area contributed by atoms with Crippen molar-refractivity contribution in [2.75, 3.05) is 20.1 Å². The number of aromatic carboxylic acids is 1. The van der Waals surface area contributed by atoms with E-state index in [9.17, 15) is 4.79 Å². The van der Waals surface area contributed by atoms with Crippen molar-refractivity contribution in [2.24, 2.45) is 0 Å². The number of nitrogens with zero attached hydrogens (tertiary/aromatic N) is 3. The number of rotatable bonds is 2. The number of carboxylic acid groups (broad SMARTS) is 1. The van der Waals surface area contributed by atoms with E-state index >= 15 is 0 Å². The first-order chi connectivity index (χ1) is 7.18. The third kappa shape index (κ3) is 2.02. The third-order valence-electron chi connectivity index (χ3n) is 2.94. The molecule has 0 atom stereocenters. The summed E-state index contributed by atoms with van der Waals surface area (Å²) in [6, 6.07) is 0.287. The van der Waals surface area contributed by atoms with Gasteiger partial charge in [0.1, 0.15) is 0 Å². The van der Waals surface area contributed by atoms with Gasteiger partial charge >= 0.3 is 5.97 Å². The summed E-state index contributed by atoms with van der Waals surface area (Å²) in [4.78, 5) is 17.0. The lowest BCUT2D eigenvalue weighted by Gasteiger charge is -2.30. The molecule has 0 saturated carbocycles. The Kier molecular flexibility index (Phi) is 2.73. The molecule has 1 fully saturated rings. The second kappa shape index (κ2) is 4.02. The number of hydrogen-bond donors (Lipinski definition) is 1. The van der Waals surface area contributed by atoms with Crippen LogP contribution in [0.4, 0.5) is 0 Å². The quantitative estimate of drug-likeness (QED) is 0.784. The number of carbonyl (C=O) groups is 1. The summed E-state index contributed by atoms with van der Waals surface area (Å²) in [7, 11) is 2.09. The van der Waals surface area contributed by atoms with Gasteiger partial charge in [0.15, 0.2) is 0 Å². The second-order valence-corrected chi connectivity index (χ2v) is 4.00. The highest BCUT2D eigenvalue weighted by atomic mass is 16.4.